The number of nitrogen functional groups attached to an aromatic ring is 1. The number of nitrogens with two attached hydrogens (primary N) is 1. The van der Waals surface area contributed by atoms with Crippen molar-refractivity contribution in [3.63, 3.8) is 0 Å². The highest BCUT2D eigenvalue weighted by molar-refractivity contribution is 5.93. The molecule has 2 rings (SSSR count). The van der Waals surface area contributed by atoms with E-state index in [1.165, 1.54) is 0 Å². The predicted octanol–water partition coefficient (Wildman–Crippen LogP) is 1.23. The number of nitrogens with one attached hydrogen (secondary N) is 2. The average molecular weight is 230 g/mol. The molecular formula is C12H14N4O. The third-order valence-corrected chi connectivity index (χ3v) is 2.48. The molecule has 1 amide bonds. The van der Waals surface area contributed by atoms with Gasteiger partial charge in [0.05, 0.1) is 12.2 Å². The zero-order valence-electron chi connectivity index (χ0n) is 9.53. The van der Waals surface area contributed by atoms with Crippen LogP contribution in [0.15, 0.2) is 30.6 Å². The van der Waals surface area contributed by atoms with Crippen molar-refractivity contribution in [2.45, 2.75) is 13.5 Å². The summed E-state index contributed by atoms with van der Waals surface area (Å²) in [4.78, 5) is 18.7. The van der Waals surface area contributed by atoms with Crippen LogP contribution in [0.25, 0.3) is 0 Å². The Bertz CT molecular complexity index is 533. The van der Waals surface area contributed by atoms with Gasteiger partial charge in [-0.1, -0.05) is 6.07 Å². The lowest BCUT2D eigenvalue weighted by Crippen LogP contribution is -2.24. The zero-order chi connectivity index (χ0) is 12.3. The molecular weight excluding hydrogens is 216 g/mol. The third kappa shape index (κ3) is 2.63. The Labute approximate surface area is 99.1 Å². The zero-order valence-corrected chi connectivity index (χ0v) is 9.53. The number of nitrogens with zero attached hydrogens (tertiary/aromatic N) is 1. The van der Waals surface area contributed by atoms with Crippen molar-refractivity contribution in [3.8, 4) is 0 Å². The molecule has 5 nitrogen and oxygen atoms in total. The number of carbonyl (C=O) groups excluding carboxylic acids is 1. The Morgan fingerprint density at radius 1 is 1.59 bits per heavy atom. The number of rotatable bonds is 3. The molecule has 2 aromatic heterocycles. The lowest BCUT2D eigenvalue weighted by atomic mass is 10.2. The summed E-state index contributed by atoms with van der Waals surface area (Å²) < 4.78 is 0. The van der Waals surface area contributed by atoms with E-state index in [2.05, 4.69) is 15.3 Å². The molecule has 0 atom stereocenters. The highest BCUT2D eigenvalue weighted by atomic mass is 16.1. The Morgan fingerprint density at radius 3 is 3.06 bits per heavy atom. The van der Waals surface area contributed by atoms with Gasteiger partial charge in [0.2, 0.25) is 0 Å². The SMILES string of the molecule is Cc1cccnc1CNC(=O)c1cc(N)c[nH]1. The highest BCUT2D eigenvalue weighted by Crippen LogP contribution is 2.06. The van der Waals surface area contributed by atoms with Crippen LogP contribution in [0.2, 0.25) is 0 Å². The number of hydrogen-bond acceptors (Lipinski definition) is 3. The lowest BCUT2D eigenvalue weighted by molar-refractivity contribution is 0.0946. The second-order valence-corrected chi connectivity index (χ2v) is 3.80. The van der Waals surface area contributed by atoms with Gasteiger partial charge >= 0.3 is 0 Å². The van der Waals surface area contributed by atoms with Gasteiger partial charge in [0, 0.05) is 18.1 Å². The number of hydrogen-bond donors (Lipinski definition) is 3. The van der Waals surface area contributed by atoms with Gasteiger partial charge in [-0.2, -0.15) is 0 Å². The molecule has 0 aromatic carbocycles. The van der Waals surface area contributed by atoms with Gasteiger partial charge < -0.3 is 16.0 Å². The van der Waals surface area contributed by atoms with E-state index in [1.54, 1.807) is 18.5 Å². The molecule has 0 saturated heterocycles. The molecule has 88 valence electrons. The van der Waals surface area contributed by atoms with E-state index >= 15 is 0 Å². The summed E-state index contributed by atoms with van der Waals surface area (Å²) in [7, 11) is 0. The van der Waals surface area contributed by atoms with Crippen LogP contribution in [0.1, 0.15) is 21.7 Å². The molecule has 0 aliphatic rings. The van der Waals surface area contributed by atoms with Gasteiger partial charge in [0.25, 0.3) is 5.91 Å². The highest BCUT2D eigenvalue weighted by Gasteiger charge is 2.08. The van der Waals surface area contributed by atoms with E-state index in [0.717, 1.165) is 11.3 Å². The minimum atomic E-state index is -0.188. The minimum Gasteiger partial charge on any atom is -0.397 e. The van der Waals surface area contributed by atoms with Crippen molar-refractivity contribution in [1.29, 1.82) is 0 Å². The summed E-state index contributed by atoms with van der Waals surface area (Å²) in [5.41, 5.74) is 8.44. The van der Waals surface area contributed by atoms with E-state index in [9.17, 15) is 4.79 Å². The van der Waals surface area contributed by atoms with E-state index < -0.39 is 0 Å². The van der Waals surface area contributed by atoms with E-state index in [1.807, 2.05) is 19.1 Å². The Balaban J connectivity index is 1.99. The molecule has 2 heterocycles. The van der Waals surface area contributed by atoms with Crippen LogP contribution in [0.5, 0.6) is 0 Å². The van der Waals surface area contributed by atoms with Crippen molar-refractivity contribution in [2.24, 2.45) is 0 Å². The summed E-state index contributed by atoms with van der Waals surface area (Å²) in [6, 6.07) is 5.42. The molecule has 0 unspecified atom stereocenters. The fourth-order valence-electron chi connectivity index (χ4n) is 1.50. The normalized spacial score (nSPS) is 10.2. The number of aryl methyl sites for hydroxylation is 1. The van der Waals surface area contributed by atoms with E-state index in [0.29, 0.717) is 17.9 Å². The first-order chi connectivity index (χ1) is 8.16. The van der Waals surface area contributed by atoms with Crippen LogP contribution < -0.4 is 11.1 Å². The minimum absolute atomic E-state index is 0.188. The Morgan fingerprint density at radius 2 is 2.41 bits per heavy atom. The first-order valence-electron chi connectivity index (χ1n) is 5.29. The van der Waals surface area contributed by atoms with Gasteiger partial charge in [0.1, 0.15) is 5.69 Å². The van der Waals surface area contributed by atoms with Crippen molar-refractivity contribution in [2.75, 3.05) is 5.73 Å². The van der Waals surface area contributed by atoms with Crippen LogP contribution >= 0.6 is 0 Å². The second kappa shape index (κ2) is 4.69. The molecule has 0 bridgehead atoms. The van der Waals surface area contributed by atoms with Gasteiger partial charge in [0.15, 0.2) is 0 Å². The van der Waals surface area contributed by atoms with Gasteiger partial charge in [-0.15, -0.1) is 0 Å². The smallest absolute Gasteiger partial charge is 0.268 e. The van der Waals surface area contributed by atoms with E-state index in [4.69, 9.17) is 5.73 Å². The van der Waals surface area contributed by atoms with Crippen molar-refractivity contribution in [3.05, 3.63) is 47.5 Å². The van der Waals surface area contributed by atoms with Gasteiger partial charge in [-0.05, 0) is 24.6 Å². The summed E-state index contributed by atoms with van der Waals surface area (Å²) >= 11 is 0. The summed E-state index contributed by atoms with van der Waals surface area (Å²) in [5.74, 6) is -0.188. The number of H-pyrrole nitrogens is 1. The number of pyridine rings is 1. The molecule has 4 N–H and O–H groups in total. The topological polar surface area (TPSA) is 83.8 Å². The first kappa shape index (κ1) is 11.2. The van der Waals surface area contributed by atoms with Crippen molar-refractivity contribution in [1.82, 2.24) is 15.3 Å². The summed E-state index contributed by atoms with van der Waals surface area (Å²) in [6.07, 6.45) is 3.29. The standard InChI is InChI=1S/C12H14N4O/c1-8-3-2-4-14-11(8)7-16-12(17)10-5-9(13)6-15-10/h2-6,15H,7,13H2,1H3,(H,16,17). The first-order valence-corrected chi connectivity index (χ1v) is 5.29. The van der Waals surface area contributed by atoms with Crippen LogP contribution in [0.4, 0.5) is 5.69 Å². The Kier molecular flexibility index (Phi) is 3.09. The lowest BCUT2D eigenvalue weighted by Gasteiger charge is -2.05. The number of anilines is 1. The third-order valence-electron chi connectivity index (χ3n) is 2.48. The summed E-state index contributed by atoms with van der Waals surface area (Å²) in [6.45, 7) is 2.37. The fourth-order valence-corrected chi connectivity index (χ4v) is 1.50. The molecule has 0 saturated carbocycles. The number of amides is 1. The number of carbonyl (C=O) groups is 1. The number of aromatic amines is 1. The maximum atomic E-state index is 11.7. The van der Waals surface area contributed by atoms with Crippen molar-refractivity contribution >= 4 is 11.6 Å². The molecule has 0 aliphatic carbocycles. The van der Waals surface area contributed by atoms with E-state index in [-0.39, 0.29) is 5.91 Å². The monoisotopic (exact) mass is 230 g/mol. The molecule has 0 aliphatic heterocycles. The average Bonchev–Trinajstić information content (AvgIpc) is 2.74. The molecule has 0 spiro atoms. The quantitative estimate of drug-likeness (QED) is 0.741. The van der Waals surface area contributed by atoms with Crippen LogP contribution in [0, 0.1) is 6.92 Å². The molecule has 0 fully saturated rings. The second-order valence-electron chi connectivity index (χ2n) is 3.80. The maximum Gasteiger partial charge on any atom is 0.268 e. The van der Waals surface area contributed by atoms with Crippen molar-refractivity contribution < 1.29 is 4.79 Å². The predicted molar refractivity (Wildman–Crippen MR) is 65.3 cm³/mol. The fraction of sp³-hybridized carbons (Fsp3) is 0.167. The summed E-state index contributed by atoms with van der Waals surface area (Å²) in [5, 5.41) is 2.78. The molecule has 0 radical (unpaired) electrons. The molecule has 2 aromatic rings. The molecule has 5 heteroatoms. The largest absolute Gasteiger partial charge is 0.397 e. The van der Waals surface area contributed by atoms with Crippen LogP contribution in [-0.4, -0.2) is 15.9 Å². The van der Waals surface area contributed by atoms with Gasteiger partial charge in [-0.25, -0.2) is 0 Å². The van der Waals surface area contributed by atoms with Gasteiger partial charge in [-0.3, -0.25) is 9.78 Å². The molecule has 17 heavy (non-hydrogen) atoms. The van der Waals surface area contributed by atoms with Crippen LogP contribution in [-0.2, 0) is 6.54 Å². The van der Waals surface area contributed by atoms with Crippen LogP contribution in [0.3, 0.4) is 0 Å². The number of aromatic nitrogens is 2. The Hall–Kier alpha value is -2.30. The maximum absolute atomic E-state index is 11.7.